The summed E-state index contributed by atoms with van der Waals surface area (Å²) in [5.41, 5.74) is 0.832. The number of hydrogen-bond acceptors (Lipinski definition) is 6. The lowest BCUT2D eigenvalue weighted by Crippen LogP contribution is -2.19. The lowest BCUT2D eigenvalue weighted by molar-refractivity contribution is -0.116. The normalized spacial score (nSPS) is 16.0. The summed E-state index contributed by atoms with van der Waals surface area (Å²) in [4.78, 5) is 15.2. The van der Waals surface area contributed by atoms with E-state index in [0.717, 1.165) is 10.0 Å². The van der Waals surface area contributed by atoms with Crippen molar-refractivity contribution in [2.75, 3.05) is 5.75 Å². The Kier molecular flexibility index (Phi) is 5.04. The Morgan fingerprint density at radius 3 is 3.00 bits per heavy atom. The molecule has 1 N–H and O–H groups in total. The van der Waals surface area contributed by atoms with Crippen LogP contribution in [-0.4, -0.2) is 28.0 Å². The molecule has 1 aromatic heterocycles. The lowest BCUT2D eigenvalue weighted by atomic mass is 10.2. The molecule has 1 saturated heterocycles. The number of amidine groups is 1. The summed E-state index contributed by atoms with van der Waals surface area (Å²) in [5.74, 6) is 1.49. The van der Waals surface area contributed by atoms with Gasteiger partial charge in [-0.2, -0.15) is 5.10 Å². The van der Waals surface area contributed by atoms with Gasteiger partial charge in [0.1, 0.15) is 5.75 Å². The number of thioether (sulfide) groups is 1. The van der Waals surface area contributed by atoms with Gasteiger partial charge in [-0.15, -0.1) is 5.10 Å². The van der Waals surface area contributed by atoms with Crippen molar-refractivity contribution >= 4 is 45.0 Å². The number of amides is 1. The summed E-state index contributed by atoms with van der Waals surface area (Å²) < 4.78 is 6.57. The molecule has 6 nitrogen and oxygen atoms in total. The molecular formula is C15H11BrN4O2S. The number of halogens is 1. The number of carbonyl (C=O) groups is 1. The molecule has 2 heterocycles. The fraction of sp³-hybridized carbons (Fsp3) is 0.0667. The largest absolute Gasteiger partial charge is 0.439 e. The van der Waals surface area contributed by atoms with E-state index in [9.17, 15) is 4.79 Å². The number of nitrogens with zero attached hydrogens (tertiary/aromatic N) is 3. The van der Waals surface area contributed by atoms with Crippen LogP contribution in [0.2, 0.25) is 0 Å². The fourth-order valence-corrected chi connectivity index (χ4v) is 2.59. The Balaban J connectivity index is 1.67. The highest BCUT2D eigenvalue weighted by atomic mass is 79.9. The first-order valence-corrected chi connectivity index (χ1v) is 8.40. The van der Waals surface area contributed by atoms with Crippen molar-refractivity contribution in [2.45, 2.75) is 0 Å². The highest BCUT2D eigenvalue weighted by Gasteiger charge is 2.15. The van der Waals surface area contributed by atoms with Gasteiger partial charge < -0.3 is 10.1 Å². The molecule has 8 heteroatoms. The minimum absolute atomic E-state index is 0.0543. The highest BCUT2D eigenvalue weighted by molar-refractivity contribution is 9.10. The van der Waals surface area contributed by atoms with Crippen LogP contribution >= 0.6 is 27.7 Å². The molecule has 1 aromatic carbocycles. The second-order valence-electron chi connectivity index (χ2n) is 4.48. The maximum absolute atomic E-state index is 11.0. The molecule has 3 rings (SSSR count). The van der Waals surface area contributed by atoms with E-state index >= 15 is 0 Å². The minimum atomic E-state index is -0.0543. The molecule has 1 amide bonds. The average molecular weight is 391 g/mol. The Bertz CT molecular complexity index is 777. The predicted molar refractivity (Wildman–Crippen MR) is 94.1 cm³/mol. The van der Waals surface area contributed by atoms with Crippen LogP contribution in [0.4, 0.5) is 0 Å². The van der Waals surface area contributed by atoms with E-state index in [-0.39, 0.29) is 5.91 Å². The van der Waals surface area contributed by atoms with Crippen molar-refractivity contribution in [1.82, 2.24) is 10.3 Å². The van der Waals surface area contributed by atoms with Crippen LogP contribution < -0.4 is 10.1 Å². The van der Waals surface area contributed by atoms with Gasteiger partial charge in [-0.25, -0.2) is 4.98 Å². The third-order valence-electron chi connectivity index (χ3n) is 2.72. The van der Waals surface area contributed by atoms with Gasteiger partial charge in [0.05, 0.1) is 12.0 Å². The predicted octanol–water partition coefficient (Wildman–Crippen LogP) is 3.19. The number of aromatic nitrogens is 1. The van der Waals surface area contributed by atoms with E-state index in [1.807, 2.05) is 30.3 Å². The molecule has 1 aliphatic heterocycles. The molecule has 2 aromatic rings. The summed E-state index contributed by atoms with van der Waals surface area (Å²) in [5, 5.41) is 11.0. The molecule has 0 aliphatic carbocycles. The monoisotopic (exact) mass is 390 g/mol. The number of pyridine rings is 1. The van der Waals surface area contributed by atoms with Crippen molar-refractivity contribution in [3.63, 3.8) is 0 Å². The zero-order chi connectivity index (χ0) is 16.1. The zero-order valence-corrected chi connectivity index (χ0v) is 14.2. The molecule has 0 saturated carbocycles. The number of rotatable bonds is 4. The second kappa shape index (κ2) is 7.38. The number of nitrogens with one attached hydrogen (secondary N) is 1. The Hall–Kier alpha value is -2.19. The van der Waals surface area contributed by atoms with Gasteiger partial charge in [-0.05, 0) is 39.7 Å². The van der Waals surface area contributed by atoms with Crippen LogP contribution in [0.1, 0.15) is 5.56 Å². The first kappa shape index (κ1) is 15.7. The van der Waals surface area contributed by atoms with Crippen molar-refractivity contribution in [3.05, 3.63) is 52.6 Å². The molecule has 0 spiro atoms. The van der Waals surface area contributed by atoms with Crippen molar-refractivity contribution in [1.29, 1.82) is 0 Å². The van der Waals surface area contributed by atoms with Crippen molar-refractivity contribution in [3.8, 4) is 11.6 Å². The zero-order valence-electron chi connectivity index (χ0n) is 11.8. The molecule has 1 aliphatic rings. The lowest BCUT2D eigenvalue weighted by Gasteiger charge is -2.04. The number of ether oxygens (including phenoxy) is 1. The molecule has 1 fully saturated rings. The third kappa shape index (κ3) is 4.64. The van der Waals surface area contributed by atoms with Crippen molar-refractivity contribution in [2.24, 2.45) is 10.2 Å². The Morgan fingerprint density at radius 1 is 1.35 bits per heavy atom. The van der Waals surface area contributed by atoms with Gasteiger partial charge in [0, 0.05) is 16.7 Å². The van der Waals surface area contributed by atoms with Gasteiger partial charge in [0.2, 0.25) is 11.8 Å². The van der Waals surface area contributed by atoms with E-state index in [1.165, 1.54) is 11.8 Å². The molecule has 0 atom stereocenters. The van der Waals surface area contributed by atoms with Crippen LogP contribution in [-0.2, 0) is 4.79 Å². The molecule has 0 unspecified atom stereocenters. The van der Waals surface area contributed by atoms with Gasteiger partial charge in [-0.1, -0.05) is 23.9 Å². The highest BCUT2D eigenvalue weighted by Crippen LogP contribution is 2.21. The molecule has 0 radical (unpaired) electrons. The van der Waals surface area contributed by atoms with Gasteiger partial charge >= 0.3 is 0 Å². The summed E-state index contributed by atoms with van der Waals surface area (Å²) in [6, 6.07) is 11.0. The van der Waals surface area contributed by atoms with Gasteiger partial charge in [0.15, 0.2) is 5.17 Å². The first-order chi connectivity index (χ1) is 11.2. The van der Waals surface area contributed by atoms with E-state index < -0.39 is 0 Å². The Labute approximate surface area is 145 Å². The molecule has 116 valence electrons. The van der Waals surface area contributed by atoms with Crippen LogP contribution in [0.5, 0.6) is 11.6 Å². The number of hydrogen-bond donors (Lipinski definition) is 1. The molecule has 0 bridgehead atoms. The quantitative estimate of drug-likeness (QED) is 0.642. The van der Waals surface area contributed by atoms with Crippen LogP contribution in [0.25, 0.3) is 0 Å². The van der Waals surface area contributed by atoms with E-state index in [1.54, 1.807) is 18.5 Å². The third-order valence-corrected chi connectivity index (χ3v) is 4.06. The summed E-state index contributed by atoms with van der Waals surface area (Å²) in [6.07, 6.45) is 3.27. The SMILES string of the molecule is O=C1CSC(=NN=Cc2cccc(Oc3ccc(Br)cn3)c2)N1. The fourth-order valence-electron chi connectivity index (χ4n) is 1.73. The van der Waals surface area contributed by atoms with Crippen LogP contribution in [0.15, 0.2) is 57.3 Å². The van der Waals surface area contributed by atoms with E-state index in [4.69, 9.17) is 4.74 Å². The van der Waals surface area contributed by atoms with Crippen LogP contribution in [0.3, 0.4) is 0 Å². The summed E-state index contributed by atoms with van der Waals surface area (Å²) in [7, 11) is 0. The second-order valence-corrected chi connectivity index (χ2v) is 6.36. The first-order valence-electron chi connectivity index (χ1n) is 6.62. The maximum Gasteiger partial charge on any atom is 0.236 e. The average Bonchev–Trinajstić information content (AvgIpc) is 2.96. The molecule has 23 heavy (non-hydrogen) atoms. The Morgan fingerprint density at radius 2 is 2.26 bits per heavy atom. The van der Waals surface area contributed by atoms with E-state index in [0.29, 0.717) is 22.6 Å². The summed E-state index contributed by atoms with van der Waals surface area (Å²) in [6.45, 7) is 0. The number of benzene rings is 1. The number of carbonyl (C=O) groups excluding carboxylic acids is 1. The smallest absolute Gasteiger partial charge is 0.236 e. The minimum Gasteiger partial charge on any atom is -0.439 e. The summed E-state index contributed by atoms with van der Waals surface area (Å²) >= 11 is 4.66. The molecular weight excluding hydrogens is 380 g/mol. The maximum atomic E-state index is 11.0. The van der Waals surface area contributed by atoms with Crippen molar-refractivity contribution < 1.29 is 9.53 Å². The topological polar surface area (TPSA) is 75.9 Å². The van der Waals surface area contributed by atoms with Gasteiger partial charge in [0.25, 0.3) is 0 Å². The van der Waals surface area contributed by atoms with Crippen LogP contribution in [0, 0.1) is 0 Å². The van der Waals surface area contributed by atoms with Gasteiger partial charge in [-0.3, -0.25) is 4.79 Å². The van der Waals surface area contributed by atoms with E-state index in [2.05, 4.69) is 36.4 Å². The standard InChI is InChI=1S/C15H11BrN4O2S/c16-11-4-5-14(17-8-11)22-12-3-1-2-10(6-12)7-18-20-15-19-13(21)9-23-15/h1-8H,9H2,(H,19,20,21).